The van der Waals surface area contributed by atoms with Gasteiger partial charge in [-0.2, -0.15) is 18.1 Å². The Balaban J connectivity index is 1.76. The van der Waals surface area contributed by atoms with Crippen LogP contribution >= 0.6 is 11.6 Å². The Morgan fingerprint density at radius 1 is 1.10 bits per heavy atom. The lowest BCUT2D eigenvalue weighted by atomic mass is 9.98. The van der Waals surface area contributed by atoms with E-state index in [1.165, 1.54) is 42.5 Å². The molecule has 0 aliphatic heterocycles. The molecule has 0 aliphatic rings. The van der Waals surface area contributed by atoms with Gasteiger partial charge in [0.1, 0.15) is 5.75 Å². The second-order valence-corrected chi connectivity index (χ2v) is 11.1. The SMILES string of the molecule is Cc1cc(C#N)cc(C(=O)c2cc(Cl)ccc2OCC(=O)Nc2ccc(S(=O)(=O)/N=C(/[O-])C(C)C)cc2C)c1. The quantitative estimate of drug-likeness (QED) is 0.232. The molecule has 0 saturated heterocycles. The van der Waals surface area contributed by atoms with Crippen LogP contribution in [0, 0.1) is 31.1 Å². The van der Waals surface area contributed by atoms with Gasteiger partial charge in [0.15, 0.2) is 12.4 Å². The van der Waals surface area contributed by atoms with Crippen molar-refractivity contribution in [1.82, 2.24) is 0 Å². The van der Waals surface area contributed by atoms with E-state index in [0.29, 0.717) is 16.8 Å². The first kappa shape index (κ1) is 29.4. The van der Waals surface area contributed by atoms with Gasteiger partial charge < -0.3 is 15.2 Å². The molecule has 11 heteroatoms. The molecule has 0 heterocycles. The minimum Gasteiger partial charge on any atom is -0.861 e. The molecule has 0 saturated carbocycles. The summed E-state index contributed by atoms with van der Waals surface area (Å²) >= 11 is 6.11. The number of rotatable bonds is 9. The molecule has 0 aliphatic carbocycles. The summed E-state index contributed by atoms with van der Waals surface area (Å²) in [5.41, 5.74) is 2.21. The van der Waals surface area contributed by atoms with Gasteiger partial charge in [-0.05, 0) is 91.4 Å². The number of benzene rings is 3. The predicted octanol–water partition coefficient (Wildman–Crippen LogP) is 4.18. The van der Waals surface area contributed by atoms with E-state index in [4.69, 9.17) is 16.3 Å². The van der Waals surface area contributed by atoms with Gasteiger partial charge in [0.25, 0.3) is 15.9 Å². The van der Waals surface area contributed by atoms with Crippen LogP contribution in [0.2, 0.25) is 5.02 Å². The molecule has 0 spiro atoms. The molecule has 3 aromatic carbocycles. The molecule has 0 bridgehead atoms. The molecule has 1 amide bonds. The molecule has 0 fully saturated rings. The number of ketones is 1. The summed E-state index contributed by atoms with van der Waals surface area (Å²) in [6.45, 7) is 5.98. The highest BCUT2D eigenvalue weighted by Crippen LogP contribution is 2.27. The number of anilines is 1. The molecule has 0 aromatic heterocycles. The Morgan fingerprint density at radius 2 is 1.82 bits per heavy atom. The molecular formula is C28H25ClN3O6S-. The van der Waals surface area contributed by atoms with Crippen molar-refractivity contribution in [2.24, 2.45) is 10.3 Å². The van der Waals surface area contributed by atoms with E-state index in [-0.39, 0.29) is 26.8 Å². The lowest BCUT2D eigenvalue weighted by Gasteiger charge is -2.15. The van der Waals surface area contributed by atoms with E-state index >= 15 is 0 Å². The van der Waals surface area contributed by atoms with Crippen LogP contribution in [0.1, 0.15) is 46.5 Å². The van der Waals surface area contributed by atoms with Crippen molar-refractivity contribution in [1.29, 1.82) is 5.26 Å². The maximum absolute atomic E-state index is 13.2. The Morgan fingerprint density at radius 3 is 2.46 bits per heavy atom. The molecule has 9 nitrogen and oxygen atoms in total. The number of sulfonamides is 1. The summed E-state index contributed by atoms with van der Waals surface area (Å²) < 4.78 is 33.8. The van der Waals surface area contributed by atoms with E-state index in [0.717, 1.165) is 5.56 Å². The highest BCUT2D eigenvalue weighted by Gasteiger charge is 2.19. The average molecular weight is 567 g/mol. The Labute approximate surface area is 231 Å². The maximum Gasteiger partial charge on any atom is 0.281 e. The number of amides is 1. The molecule has 1 N–H and O–H groups in total. The van der Waals surface area contributed by atoms with Crippen LogP contribution in [0.4, 0.5) is 5.69 Å². The lowest BCUT2D eigenvalue weighted by molar-refractivity contribution is -0.222. The molecule has 0 unspecified atom stereocenters. The molecule has 0 radical (unpaired) electrons. The monoisotopic (exact) mass is 566 g/mol. The van der Waals surface area contributed by atoms with Crippen LogP contribution in [0.3, 0.4) is 0 Å². The van der Waals surface area contributed by atoms with Gasteiger partial charge in [0.2, 0.25) is 0 Å². The largest absolute Gasteiger partial charge is 0.861 e. The van der Waals surface area contributed by atoms with Crippen LogP contribution < -0.4 is 15.2 Å². The van der Waals surface area contributed by atoms with Gasteiger partial charge >= 0.3 is 0 Å². The number of carbonyl (C=O) groups excluding carboxylic acids is 2. The zero-order chi connectivity index (χ0) is 28.9. The Hall–Kier alpha value is -4.20. The normalized spacial score (nSPS) is 11.7. The van der Waals surface area contributed by atoms with E-state index in [2.05, 4.69) is 9.71 Å². The van der Waals surface area contributed by atoms with Gasteiger partial charge in [-0.15, -0.1) is 0 Å². The smallest absolute Gasteiger partial charge is 0.281 e. The van der Waals surface area contributed by atoms with Gasteiger partial charge in [-0.25, -0.2) is 0 Å². The fourth-order valence-corrected chi connectivity index (χ4v) is 4.77. The minimum absolute atomic E-state index is 0.120. The fraction of sp³-hybridized carbons (Fsp3) is 0.214. The number of carbonyl (C=O) groups is 2. The third-order valence-corrected chi connectivity index (χ3v) is 6.99. The summed E-state index contributed by atoms with van der Waals surface area (Å²) in [6, 6.07) is 15.1. The number of hydrogen-bond donors (Lipinski definition) is 1. The number of aryl methyl sites for hydroxylation is 2. The van der Waals surface area contributed by atoms with Gasteiger partial charge in [-0.3, -0.25) is 9.59 Å². The molecule has 3 rings (SSSR count). The van der Waals surface area contributed by atoms with E-state index in [1.807, 2.05) is 6.07 Å². The summed E-state index contributed by atoms with van der Waals surface area (Å²) in [5, 5.41) is 23.9. The first-order valence-electron chi connectivity index (χ1n) is 11.7. The number of halogens is 1. The number of nitrogens with one attached hydrogen (secondary N) is 1. The number of nitriles is 1. The van der Waals surface area contributed by atoms with Crippen molar-refractivity contribution < 1.29 is 27.9 Å². The van der Waals surface area contributed by atoms with Gasteiger partial charge in [0.05, 0.1) is 22.1 Å². The number of nitrogens with zero attached hydrogens (tertiary/aromatic N) is 2. The molecule has 0 atom stereocenters. The van der Waals surface area contributed by atoms with Gasteiger partial charge in [0, 0.05) is 16.3 Å². The van der Waals surface area contributed by atoms with Crippen LogP contribution in [0.25, 0.3) is 0 Å². The minimum atomic E-state index is -4.19. The topological polar surface area (TPSA) is 149 Å². The highest BCUT2D eigenvalue weighted by atomic mass is 35.5. The zero-order valence-corrected chi connectivity index (χ0v) is 23.2. The second-order valence-electron chi connectivity index (χ2n) is 9.04. The van der Waals surface area contributed by atoms with Crippen LogP contribution in [-0.2, 0) is 14.8 Å². The van der Waals surface area contributed by atoms with Crippen LogP contribution in [0.15, 0.2) is 63.9 Å². The lowest BCUT2D eigenvalue weighted by Crippen LogP contribution is -2.25. The van der Waals surface area contributed by atoms with Crippen molar-refractivity contribution in [3.05, 3.63) is 87.4 Å². The first-order chi connectivity index (χ1) is 18.3. The summed E-state index contributed by atoms with van der Waals surface area (Å²) in [6.07, 6.45) is 0. The predicted molar refractivity (Wildman–Crippen MR) is 146 cm³/mol. The fourth-order valence-electron chi connectivity index (χ4n) is 3.48. The number of ether oxygens (including phenoxy) is 1. The summed E-state index contributed by atoms with van der Waals surface area (Å²) in [4.78, 5) is 25.7. The standard InChI is InChI=1S/C28H26ClN3O6S/c1-16(2)28(35)32-39(36,37)22-6-7-24(18(4)11-22)31-26(33)15-38-25-8-5-21(29)13-23(25)27(34)20-10-17(3)9-19(12-20)14-30/h5-13,16H,15H2,1-4H3,(H,31,33)(H,32,35)/p-1. The second kappa shape index (κ2) is 12.1. The van der Waals surface area contributed by atoms with E-state index in [1.54, 1.807) is 39.8 Å². The highest BCUT2D eigenvalue weighted by molar-refractivity contribution is 7.90. The van der Waals surface area contributed by atoms with Crippen molar-refractivity contribution in [2.45, 2.75) is 32.6 Å². The first-order valence-corrected chi connectivity index (χ1v) is 13.5. The molecular weight excluding hydrogens is 542 g/mol. The molecule has 202 valence electrons. The van der Waals surface area contributed by atoms with Crippen LogP contribution in [-0.4, -0.2) is 32.6 Å². The zero-order valence-electron chi connectivity index (χ0n) is 21.6. The number of hydrogen-bond acceptors (Lipinski definition) is 7. The van der Waals surface area contributed by atoms with Gasteiger partial charge in [-0.1, -0.05) is 25.4 Å². The van der Waals surface area contributed by atoms with E-state index in [9.17, 15) is 28.4 Å². The Bertz CT molecular complexity index is 1620. The van der Waals surface area contributed by atoms with E-state index < -0.39 is 40.1 Å². The third kappa shape index (κ3) is 7.44. The maximum atomic E-state index is 13.2. The third-order valence-electron chi connectivity index (χ3n) is 5.49. The summed E-state index contributed by atoms with van der Waals surface area (Å²) in [5.74, 6) is -2.20. The molecule has 3 aromatic rings. The Kier molecular flexibility index (Phi) is 9.11. The summed E-state index contributed by atoms with van der Waals surface area (Å²) in [7, 11) is -4.19. The van der Waals surface area contributed by atoms with Crippen molar-refractivity contribution >= 4 is 44.9 Å². The average Bonchev–Trinajstić information content (AvgIpc) is 2.87. The molecule has 39 heavy (non-hydrogen) atoms. The van der Waals surface area contributed by atoms with Crippen molar-refractivity contribution in [3.8, 4) is 11.8 Å². The van der Waals surface area contributed by atoms with Crippen LogP contribution in [0.5, 0.6) is 5.75 Å². The van der Waals surface area contributed by atoms with Crippen molar-refractivity contribution in [3.63, 3.8) is 0 Å². The van der Waals surface area contributed by atoms with Crippen molar-refractivity contribution in [2.75, 3.05) is 11.9 Å².